The highest BCUT2D eigenvalue weighted by molar-refractivity contribution is 6.23. The summed E-state index contributed by atoms with van der Waals surface area (Å²) in [5.74, 6) is -3.17. The van der Waals surface area contributed by atoms with E-state index in [1.807, 2.05) is 0 Å². The molecule has 17 heteroatoms. The number of nitrogens with zero attached hydrogens (tertiary/aromatic N) is 8. The van der Waals surface area contributed by atoms with Gasteiger partial charge in [0.25, 0.3) is 12.3 Å². The number of hydrogen-bond acceptors (Lipinski definition) is 7. The number of alkyl halides is 5. The monoisotopic (exact) mass is 622 g/mol. The molecule has 3 amide bonds. The molecule has 2 fully saturated rings. The van der Waals surface area contributed by atoms with E-state index in [1.54, 1.807) is 4.90 Å². The van der Waals surface area contributed by atoms with Gasteiger partial charge in [0.05, 0.1) is 24.5 Å². The fourth-order valence-electron chi connectivity index (χ4n) is 5.54. The SMILES string of the molecule is O=C1N(c2cc(C(F)(F)F)ccn2)C(=O)C2(CCN(c3cnc4cnn(CC(F)F)c4n3)CC2)N1Cc1c(F)cccc1F. The Balaban J connectivity index is 1.35. The molecule has 0 atom stereocenters. The van der Waals surface area contributed by atoms with E-state index in [0.717, 1.165) is 34.0 Å². The molecule has 0 unspecified atom stereocenters. The highest BCUT2D eigenvalue weighted by Gasteiger charge is 2.59. The summed E-state index contributed by atoms with van der Waals surface area (Å²) in [5.41, 5.74) is -2.97. The Kier molecular flexibility index (Phi) is 7.12. The van der Waals surface area contributed by atoms with Gasteiger partial charge in [-0.25, -0.2) is 46.9 Å². The third-order valence-corrected chi connectivity index (χ3v) is 7.78. The number of halogens is 7. The number of fused-ring (bicyclic) bond motifs is 1. The Morgan fingerprint density at radius 2 is 1.66 bits per heavy atom. The third kappa shape index (κ3) is 4.94. The average Bonchev–Trinajstić information content (AvgIpc) is 3.46. The van der Waals surface area contributed by atoms with Gasteiger partial charge in [0.15, 0.2) is 5.65 Å². The highest BCUT2D eigenvalue weighted by Crippen LogP contribution is 2.42. The Morgan fingerprint density at radius 3 is 2.32 bits per heavy atom. The zero-order valence-electron chi connectivity index (χ0n) is 22.5. The zero-order valence-corrected chi connectivity index (χ0v) is 22.5. The lowest BCUT2D eigenvalue weighted by atomic mass is 9.85. The molecule has 2 aliphatic rings. The molecule has 230 valence electrons. The van der Waals surface area contributed by atoms with E-state index in [1.165, 1.54) is 12.4 Å². The summed E-state index contributed by atoms with van der Waals surface area (Å²) in [6.07, 6.45) is -4.22. The van der Waals surface area contributed by atoms with Crippen molar-refractivity contribution in [2.75, 3.05) is 22.9 Å². The Labute approximate surface area is 243 Å². The maximum atomic E-state index is 14.7. The van der Waals surface area contributed by atoms with E-state index in [2.05, 4.69) is 20.1 Å². The fraction of sp³-hybridized carbons (Fsp3) is 0.333. The van der Waals surface area contributed by atoms with Gasteiger partial charge in [-0.15, -0.1) is 0 Å². The van der Waals surface area contributed by atoms with Crippen molar-refractivity contribution in [2.24, 2.45) is 0 Å². The summed E-state index contributed by atoms with van der Waals surface area (Å²) in [5, 5.41) is 3.88. The first-order valence-corrected chi connectivity index (χ1v) is 13.2. The van der Waals surface area contributed by atoms with Crippen LogP contribution in [0.2, 0.25) is 0 Å². The molecule has 44 heavy (non-hydrogen) atoms. The third-order valence-electron chi connectivity index (χ3n) is 7.78. The molecule has 0 bridgehead atoms. The number of amides is 3. The van der Waals surface area contributed by atoms with Crippen molar-refractivity contribution in [3.8, 4) is 0 Å². The molecule has 0 saturated carbocycles. The van der Waals surface area contributed by atoms with Crippen LogP contribution in [0.5, 0.6) is 0 Å². The summed E-state index contributed by atoms with van der Waals surface area (Å²) < 4.78 is 96.7. The summed E-state index contributed by atoms with van der Waals surface area (Å²) in [4.78, 5) is 43.3. The van der Waals surface area contributed by atoms with E-state index < -0.39 is 71.7 Å². The van der Waals surface area contributed by atoms with E-state index in [-0.39, 0.29) is 42.9 Å². The van der Waals surface area contributed by atoms with E-state index in [4.69, 9.17) is 0 Å². The van der Waals surface area contributed by atoms with Gasteiger partial charge in [0.1, 0.15) is 40.9 Å². The van der Waals surface area contributed by atoms with Gasteiger partial charge in [-0.1, -0.05) is 6.07 Å². The van der Waals surface area contributed by atoms with Crippen LogP contribution in [0.3, 0.4) is 0 Å². The molecule has 5 heterocycles. The van der Waals surface area contributed by atoms with E-state index >= 15 is 0 Å². The molecule has 2 saturated heterocycles. The second-order valence-electron chi connectivity index (χ2n) is 10.3. The molecule has 0 aliphatic carbocycles. The lowest BCUT2D eigenvalue weighted by Crippen LogP contribution is -2.56. The van der Waals surface area contributed by atoms with Crippen LogP contribution in [-0.2, 0) is 24.1 Å². The predicted molar refractivity (Wildman–Crippen MR) is 140 cm³/mol. The number of aromatic nitrogens is 5. The van der Waals surface area contributed by atoms with Crippen molar-refractivity contribution in [1.29, 1.82) is 0 Å². The maximum absolute atomic E-state index is 14.7. The van der Waals surface area contributed by atoms with Gasteiger partial charge in [-0.05, 0) is 37.1 Å². The summed E-state index contributed by atoms with van der Waals surface area (Å²) >= 11 is 0. The lowest BCUT2D eigenvalue weighted by molar-refractivity contribution is -0.137. The number of carbonyl (C=O) groups excluding carboxylic acids is 2. The zero-order chi connectivity index (χ0) is 31.4. The highest BCUT2D eigenvalue weighted by atomic mass is 19.4. The summed E-state index contributed by atoms with van der Waals surface area (Å²) in [7, 11) is 0. The Hall–Kier alpha value is -4.83. The molecule has 3 aromatic heterocycles. The van der Waals surface area contributed by atoms with Crippen molar-refractivity contribution < 1.29 is 40.3 Å². The van der Waals surface area contributed by atoms with Gasteiger partial charge in [-0.3, -0.25) is 4.79 Å². The molecule has 1 spiro atoms. The van der Waals surface area contributed by atoms with Gasteiger partial charge in [0, 0.05) is 24.8 Å². The summed E-state index contributed by atoms with van der Waals surface area (Å²) in [6, 6.07) is 3.24. The topological polar surface area (TPSA) is 100 Å². The van der Waals surface area contributed by atoms with Crippen LogP contribution in [0.15, 0.2) is 48.9 Å². The molecule has 2 aliphatic heterocycles. The predicted octanol–water partition coefficient (Wildman–Crippen LogP) is 4.79. The minimum atomic E-state index is -4.80. The smallest absolute Gasteiger partial charge is 0.355 e. The minimum Gasteiger partial charge on any atom is -0.355 e. The normalized spacial score (nSPS) is 17.1. The van der Waals surface area contributed by atoms with Crippen LogP contribution in [0.1, 0.15) is 24.0 Å². The van der Waals surface area contributed by atoms with Crippen LogP contribution in [0.4, 0.5) is 47.2 Å². The molecule has 0 N–H and O–H groups in total. The number of piperidine rings is 1. The first kappa shape index (κ1) is 29.3. The first-order chi connectivity index (χ1) is 20.9. The Morgan fingerprint density at radius 1 is 0.955 bits per heavy atom. The quantitative estimate of drug-likeness (QED) is 0.225. The minimum absolute atomic E-state index is 0.0440. The van der Waals surface area contributed by atoms with Crippen LogP contribution in [0, 0.1) is 11.6 Å². The maximum Gasteiger partial charge on any atom is 0.416 e. The van der Waals surface area contributed by atoms with Crippen LogP contribution < -0.4 is 9.80 Å². The van der Waals surface area contributed by atoms with Gasteiger partial charge >= 0.3 is 12.2 Å². The number of hydrogen-bond donors (Lipinski definition) is 0. The average molecular weight is 623 g/mol. The van der Waals surface area contributed by atoms with Crippen molar-refractivity contribution in [1.82, 2.24) is 29.6 Å². The van der Waals surface area contributed by atoms with Crippen LogP contribution in [0.25, 0.3) is 11.2 Å². The summed E-state index contributed by atoms with van der Waals surface area (Å²) in [6.45, 7) is -1.30. The molecule has 0 radical (unpaired) electrons. The molecule has 1 aromatic carbocycles. The number of carbonyl (C=O) groups is 2. The number of rotatable bonds is 6. The van der Waals surface area contributed by atoms with Crippen molar-refractivity contribution in [3.05, 3.63) is 71.7 Å². The molecule has 4 aromatic rings. The lowest BCUT2D eigenvalue weighted by Gasteiger charge is -2.42. The number of anilines is 2. The van der Waals surface area contributed by atoms with E-state index in [0.29, 0.717) is 17.0 Å². The molecule has 6 rings (SSSR count). The molecular weight excluding hydrogens is 601 g/mol. The van der Waals surface area contributed by atoms with Crippen molar-refractivity contribution >= 4 is 34.7 Å². The Bertz CT molecular complexity index is 1730. The number of urea groups is 1. The molecule has 10 nitrogen and oxygen atoms in total. The fourth-order valence-corrected chi connectivity index (χ4v) is 5.54. The van der Waals surface area contributed by atoms with E-state index in [9.17, 15) is 40.3 Å². The van der Waals surface area contributed by atoms with Crippen molar-refractivity contribution in [2.45, 2.75) is 44.1 Å². The van der Waals surface area contributed by atoms with Gasteiger partial charge < -0.3 is 9.80 Å². The van der Waals surface area contributed by atoms with Gasteiger partial charge in [0.2, 0.25) is 0 Å². The first-order valence-electron chi connectivity index (χ1n) is 13.2. The number of imide groups is 1. The van der Waals surface area contributed by atoms with Gasteiger partial charge in [-0.2, -0.15) is 18.3 Å². The van der Waals surface area contributed by atoms with Crippen molar-refractivity contribution in [3.63, 3.8) is 0 Å². The largest absolute Gasteiger partial charge is 0.416 e. The van der Waals surface area contributed by atoms with Crippen LogP contribution in [-0.4, -0.2) is 66.6 Å². The molecular formula is C27H21F7N8O2. The van der Waals surface area contributed by atoms with Crippen LogP contribution >= 0.6 is 0 Å². The number of benzene rings is 1. The number of pyridine rings is 1. The second-order valence-corrected chi connectivity index (χ2v) is 10.3. The standard InChI is InChI=1S/C27H21F7N8O2/c28-17-2-1-3-18(29)16(17)13-40-25(44)42(21-10-15(4-7-35-21)27(32,33)34)24(43)26(40)5-8-39(9-6-26)22-12-36-19-11-37-41(14-20(30)31)23(19)38-22/h1-4,7,10-12,20H,5-6,8-9,13-14H2. The second kappa shape index (κ2) is 10.7.